The second-order valence-electron chi connectivity index (χ2n) is 5.46. The normalized spacial score (nSPS) is 36.9. The molecule has 0 heterocycles. The van der Waals surface area contributed by atoms with Gasteiger partial charge in [0.1, 0.15) is 5.78 Å². The van der Waals surface area contributed by atoms with Crippen LogP contribution >= 0.6 is 0 Å². The molecule has 2 aliphatic rings. The molecule has 2 unspecified atom stereocenters. The fraction of sp³-hybridized carbons (Fsp3) is 0.900. The van der Waals surface area contributed by atoms with Crippen molar-refractivity contribution >= 4 is 15.9 Å². The lowest BCUT2D eigenvalue weighted by Crippen LogP contribution is -2.43. The lowest BCUT2D eigenvalue weighted by Gasteiger charge is -2.35. The van der Waals surface area contributed by atoms with E-state index >= 15 is 0 Å². The molecule has 0 aliphatic heterocycles. The van der Waals surface area contributed by atoms with Gasteiger partial charge in [-0.3, -0.25) is 4.79 Å². The highest BCUT2D eigenvalue weighted by molar-refractivity contribution is 7.86. The van der Waals surface area contributed by atoms with Crippen molar-refractivity contribution in [2.75, 3.05) is 5.75 Å². The summed E-state index contributed by atoms with van der Waals surface area (Å²) in [7, 11) is -3.79. The fourth-order valence-electron chi connectivity index (χ4n) is 3.44. The zero-order valence-electron chi connectivity index (χ0n) is 9.52. The van der Waals surface area contributed by atoms with Crippen molar-refractivity contribution in [2.45, 2.75) is 33.1 Å². The van der Waals surface area contributed by atoms with Gasteiger partial charge in [-0.1, -0.05) is 13.8 Å². The van der Waals surface area contributed by atoms with Gasteiger partial charge in [0, 0.05) is 6.42 Å². The van der Waals surface area contributed by atoms with E-state index in [0.717, 1.165) is 6.42 Å². The molecular weight excluding hydrogens is 230 g/mol. The van der Waals surface area contributed by atoms with E-state index in [9.17, 15) is 13.2 Å². The maximum atomic E-state index is 12.0. The van der Waals surface area contributed by atoms with Gasteiger partial charge in [-0.25, -0.2) is 0 Å². The minimum absolute atomic E-state index is 0.0503. The highest BCUT2D eigenvalue weighted by atomic mass is 32.2. The number of fused-ring (bicyclic) bond motifs is 2. The van der Waals surface area contributed by atoms with Gasteiger partial charge in [0.15, 0.2) is 0 Å². The van der Waals surface area contributed by atoms with Crippen molar-refractivity contribution in [1.29, 1.82) is 0 Å². The number of carbonyl (C=O) groups is 1. The highest BCUT2D eigenvalue weighted by Crippen LogP contribution is 2.64. The summed E-state index contributed by atoms with van der Waals surface area (Å²) in [6, 6.07) is 0. The minimum atomic E-state index is -3.79. The maximum Gasteiger partial charge on any atom is 0.284 e. The number of nitrogens with two attached hydrogens (primary N) is 1. The molecule has 2 fully saturated rings. The number of ketones is 1. The molecule has 2 N–H and O–H groups in total. The van der Waals surface area contributed by atoms with Gasteiger partial charge < -0.3 is 0 Å². The van der Waals surface area contributed by atoms with Crippen LogP contribution in [-0.2, 0) is 19.2 Å². The Morgan fingerprint density at radius 1 is 1.50 bits per heavy atom. The SMILES string of the molecule is CC1(C)C2CCC1(CS(=O)(=O)ON)C(=O)C2. The van der Waals surface area contributed by atoms with Gasteiger partial charge in [0.25, 0.3) is 10.1 Å². The van der Waals surface area contributed by atoms with Crippen LogP contribution in [0.1, 0.15) is 33.1 Å². The van der Waals surface area contributed by atoms with Crippen LogP contribution in [-0.4, -0.2) is 20.0 Å². The monoisotopic (exact) mass is 247 g/mol. The first-order valence-electron chi connectivity index (χ1n) is 5.39. The molecular formula is C10H17NO4S. The molecule has 92 valence electrons. The summed E-state index contributed by atoms with van der Waals surface area (Å²) in [5, 5.41) is 0. The Bertz CT molecular complexity index is 428. The van der Waals surface area contributed by atoms with Gasteiger partial charge in [-0.2, -0.15) is 18.6 Å². The summed E-state index contributed by atoms with van der Waals surface area (Å²) in [5.41, 5.74) is -1.05. The van der Waals surface area contributed by atoms with E-state index in [0.29, 0.717) is 18.8 Å². The molecule has 2 atom stereocenters. The summed E-state index contributed by atoms with van der Waals surface area (Å²) in [6.45, 7) is 3.95. The summed E-state index contributed by atoms with van der Waals surface area (Å²) >= 11 is 0. The quantitative estimate of drug-likeness (QED) is 0.738. The standard InChI is InChI=1S/C10H17NO4S/c1-9(2)7-3-4-10(9,8(12)5-7)6-16(13,14)15-11/h7H,3-6,11H2,1-2H3. The molecule has 0 amide bonds. The van der Waals surface area contributed by atoms with E-state index in [-0.39, 0.29) is 17.0 Å². The van der Waals surface area contributed by atoms with Crippen LogP contribution < -0.4 is 5.90 Å². The summed E-state index contributed by atoms with van der Waals surface area (Å²) in [6.07, 6.45) is 2.04. The molecule has 2 aliphatic carbocycles. The number of Topliss-reactive ketones (excluding diaryl/α,β-unsaturated/α-hetero) is 1. The zero-order valence-corrected chi connectivity index (χ0v) is 10.3. The van der Waals surface area contributed by atoms with Crippen LogP contribution in [0.25, 0.3) is 0 Å². The Morgan fingerprint density at radius 3 is 2.50 bits per heavy atom. The number of hydrogen-bond acceptors (Lipinski definition) is 5. The van der Waals surface area contributed by atoms with Crippen LogP contribution in [0.4, 0.5) is 0 Å². The van der Waals surface area contributed by atoms with Crippen molar-refractivity contribution < 1.29 is 17.5 Å². The topological polar surface area (TPSA) is 86.5 Å². The molecule has 6 heteroatoms. The van der Waals surface area contributed by atoms with Crippen LogP contribution in [0, 0.1) is 16.7 Å². The third-order valence-electron chi connectivity index (χ3n) is 4.71. The van der Waals surface area contributed by atoms with Crippen molar-refractivity contribution in [3.05, 3.63) is 0 Å². The summed E-state index contributed by atoms with van der Waals surface area (Å²) in [4.78, 5) is 12.0. The third kappa shape index (κ3) is 1.36. The molecule has 16 heavy (non-hydrogen) atoms. The zero-order chi connectivity index (χ0) is 12.2. The first-order valence-corrected chi connectivity index (χ1v) is 6.97. The molecule has 2 saturated carbocycles. The van der Waals surface area contributed by atoms with E-state index < -0.39 is 15.5 Å². The van der Waals surface area contributed by atoms with Crippen LogP contribution in [0.3, 0.4) is 0 Å². The van der Waals surface area contributed by atoms with Crippen LogP contribution in [0.5, 0.6) is 0 Å². The smallest absolute Gasteiger partial charge is 0.284 e. The van der Waals surface area contributed by atoms with Gasteiger partial charge >= 0.3 is 0 Å². The van der Waals surface area contributed by atoms with Crippen LogP contribution in [0.2, 0.25) is 0 Å². The Kier molecular flexibility index (Phi) is 2.46. The number of rotatable bonds is 3. The minimum Gasteiger partial charge on any atom is -0.299 e. The first-order chi connectivity index (χ1) is 7.25. The second kappa shape index (κ2) is 3.27. The van der Waals surface area contributed by atoms with Gasteiger partial charge in [0.05, 0.1) is 11.2 Å². The van der Waals surface area contributed by atoms with Crippen molar-refractivity contribution in [3.8, 4) is 0 Å². The van der Waals surface area contributed by atoms with E-state index in [1.165, 1.54) is 0 Å². The molecule has 2 bridgehead atoms. The van der Waals surface area contributed by atoms with Gasteiger partial charge in [-0.05, 0) is 24.2 Å². The first kappa shape index (κ1) is 12.0. The van der Waals surface area contributed by atoms with E-state index in [4.69, 9.17) is 5.90 Å². The van der Waals surface area contributed by atoms with Crippen LogP contribution in [0.15, 0.2) is 0 Å². The maximum absolute atomic E-state index is 12.0. The molecule has 0 aromatic carbocycles. The van der Waals surface area contributed by atoms with E-state index in [1.807, 2.05) is 13.8 Å². The molecule has 0 aromatic heterocycles. The second-order valence-corrected chi connectivity index (χ2v) is 7.06. The Morgan fingerprint density at radius 2 is 2.12 bits per heavy atom. The Hall–Kier alpha value is -0.460. The van der Waals surface area contributed by atoms with E-state index in [2.05, 4.69) is 4.28 Å². The molecule has 0 radical (unpaired) electrons. The average Bonchev–Trinajstić information content (AvgIpc) is 2.51. The summed E-state index contributed by atoms with van der Waals surface area (Å²) in [5.74, 6) is 4.82. The average molecular weight is 247 g/mol. The Balaban J connectivity index is 2.40. The molecule has 2 rings (SSSR count). The third-order valence-corrected chi connectivity index (χ3v) is 5.85. The molecule has 0 spiro atoms. The van der Waals surface area contributed by atoms with E-state index in [1.54, 1.807) is 0 Å². The number of hydrogen-bond donors (Lipinski definition) is 1. The highest BCUT2D eigenvalue weighted by Gasteiger charge is 2.65. The largest absolute Gasteiger partial charge is 0.299 e. The Labute approximate surface area is 95.4 Å². The molecule has 0 aromatic rings. The van der Waals surface area contributed by atoms with Gasteiger partial charge in [-0.15, -0.1) is 0 Å². The number of carbonyl (C=O) groups excluding carboxylic acids is 1. The predicted octanol–water partition coefficient (Wildman–Crippen LogP) is 0.602. The summed E-state index contributed by atoms with van der Waals surface area (Å²) < 4.78 is 27.0. The van der Waals surface area contributed by atoms with Crippen molar-refractivity contribution in [3.63, 3.8) is 0 Å². The van der Waals surface area contributed by atoms with Crippen molar-refractivity contribution in [1.82, 2.24) is 0 Å². The lowest BCUT2D eigenvalue weighted by molar-refractivity contribution is -0.128. The molecule has 0 saturated heterocycles. The predicted molar refractivity (Wildman–Crippen MR) is 57.6 cm³/mol. The molecule has 5 nitrogen and oxygen atoms in total. The van der Waals surface area contributed by atoms with Gasteiger partial charge in [0.2, 0.25) is 0 Å². The van der Waals surface area contributed by atoms with Crippen molar-refractivity contribution in [2.24, 2.45) is 22.6 Å². The lowest BCUT2D eigenvalue weighted by atomic mass is 9.70. The fourth-order valence-corrected chi connectivity index (χ4v) is 4.79.